The van der Waals surface area contributed by atoms with E-state index >= 15 is 0 Å². The lowest BCUT2D eigenvalue weighted by Crippen LogP contribution is -2.38. The summed E-state index contributed by atoms with van der Waals surface area (Å²) in [6.45, 7) is 9.63. The van der Waals surface area contributed by atoms with Crippen molar-refractivity contribution in [1.82, 2.24) is 9.80 Å². The lowest BCUT2D eigenvalue weighted by Gasteiger charge is -2.28. The molecule has 0 radical (unpaired) electrons. The van der Waals surface area contributed by atoms with Gasteiger partial charge in [0.05, 0.1) is 6.61 Å². The molecule has 0 aliphatic carbocycles. The first-order valence-corrected chi connectivity index (χ1v) is 6.15. The van der Waals surface area contributed by atoms with Gasteiger partial charge in [0, 0.05) is 39.1 Å². The predicted molar refractivity (Wildman–Crippen MR) is 64.2 cm³/mol. The zero-order chi connectivity index (χ0) is 12.1. The summed E-state index contributed by atoms with van der Waals surface area (Å²) in [4.78, 5) is 15.4. The maximum atomic E-state index is 11.2. The number of amides is 1. The molecule has 0 aromatic rings. The quantitative estimate of drug-likeness (QED) is 0.747. The lowest BCUT2D eigenvalue weighted by atomic mass is 10.1. The number of carbonyl (C=O) groups excluding carboxylic acids is 1. The highest BCUT2D eigenvalue weighted by Crippen LogP contribution is 2.18. The highest BCUT2D eigenvalue weighted by atomic mass is 16.3. The van der Waals surface area contributed by atoms with E-state index in [1.807, 2.05) is 4.90 Å². The van der Waals surface area contributed by atoms with Crippen LogP contribution in [0.25, 0.3) is 0 Å². The molecule has 1 rings (SSSR count). The van der Waals surface area contributed by atoms with Crippen LogP contribution in [0.15, 0.2) is 0 Å². The van der Waals surface area contributed by atoms with Gasteiger partial charge < -0.3 is 10.0 Å². The molecule has 1 amide bonds. The predicted octanol–water partition coefficient (Wildman–Crippen LogP) is 0.557. The topological polar surface area (TPSA) is 43.8 Å². The van der Waals surface area contributed by atoms with Crippen molar-refractivity contribution >= 4 is 5.91 Å². The molecule has 1 heterocycles. The van der Waals surface area contributed by atoms with E-state index in [1.165, 1.54) is 0 Å². The number of nitrogens with zero attached hydrogens (tertiary/aromatic N) is 2. The Morgan fingerprint density at radius 3 is 2.69 bits per heavy atom. The fourth-order valence-electron chi connectivity index (χ4n) is 2.29. The zero-order valence-corrected chi connectivity index (χ0v) is 10.6. The van der Waals surface area contributed by atoms with Crippen LogP contribution in [-0.2, 0) is 4.79 Å². The van der Waals surface area contributed by atoms with Crippen molar-refractivity contribution in [3.8, 4) is 0 Å². The van der Waals surface area contributed by atoms with Crippen LogP contribution in [0, 0.1) is 5.92 Å². The molecular formula is C12H24N2O2. The Morgan fingerprint density at radius 1 is 1.56 bits per heavy atom. The molecule has 1 saturated heterocycles. The molecule has 4 nitrogen and oxygen atoms in total. The Hall–Kier alpha value is -0.610. The summed E-state index contributed by atoms with van der Waals surface area (Å²) in [7, 11) is 0. The summed E-state index contributed by atoms with van der Waals surface area (Å²) in [6.07, 6.45) is 1.09. The van der Waals surface area contributed by atoms with E-state index in [-0.39, 0.29) is 12.5 Å². The molecule has 0 aromatic carbocycles. The van der Waals surface area contributed by atoms with E-state index in [0.29, 0.717) is 12.0 Å². The summed E-state index contributed by atoms with van der Waals surface area (Å²) >= 11 is 0. The van der Waals surface area contributed by atoms with E-state index in [1.54, 1.807) is 6.92 Å². The molecule has 16 heavy (non-hydrogen) atoms. The van der Waals surface area contributed by atoms with Crippen LogP contribution < -0.4 is 0 Å². The van der Waals surface area contributed by atoms with E-state index in [0.717, 1.165) is 32.6 Å². The summed E-state index contributed by atoms with van der Waals surface area (Å²) in [5.74, 6) is 0.749. The Labute approximate surface area is 98.2 Å². The first-order valence-electron chi connectivity index (χ1n) is 6.15. The second-order valence-corrected chi connectivity index (χ2v) is 4.93. The minimum atomic E-state index is 0.181. The Balaban J connectivity index is 2.39. The van der Waals surface area contributed by atoms with Crippen molar-refractivity contribution in [2.24, 2.45) is 5.92 Å². The molecule has 1 unspecified atom stereocenters. The van der Waals surface area contributed by atoms with Crippen molar-refractivity contribution in [2.75, 3.05) is 32.8 Å². The molecule has 1 aliphatic heterocycles. The fourth-order valence-corrected chi connectivity index (χ4v) is 2.29. The van der Waals surface area contributed by atoms with Crippen LogP contribution in [0.3, 0.4) is 0 Å². The molecule has 0 saturated carbocycles. The number of hydrogen-bond donors (Lipinski definition) is 1. The van der Waals surface area contributed by atoms with Gasteiger partial charge in [0.15, 0.2) is 0 Å². The SMILES string of the molecule is CC(=O)N1CCC(CN(CCO)C(C)C)C1. The standard InChI is InChI=1S/C12H24N2O2/c1-10(2)13(6-7-15)8-12-4-5-14(9-12)11(3)16/h10,12,15H,4-9H2,1-3H3. The van der Waals surface area contributed by atoms with Gasteiger partial charge in [-0.25, -0.2) is 0 Å². The van der Waals surface area contributed by atoms with Crippen LogP contribution in [-0.4, -0.2) is 59.6 Å². The van der Waals surface area contributed by atoms with Crippen molar-refractivity contribution in [3.05, 3.63) is 0 Å². The second-order valence-electron chi connectivity index (χ2n) is 4.93. The average Bonchev–Trinajstić information content (AvgIpc) is 2.65. The molecule has 0 bridgehead atoms. The minimum absolute atomic E-state index is 0.181. The van der Waals surface area contributed by atoms with Crippen molar-refractivity contribution in [1.29, 1.82) is 0 Å². The van der Waals surface area contributed by atoms with E-state index in [2.05, 4.69) is 18.7 Å². The monoisotopic (exact) mass is 228 g/mol. The highest BCUT2D eigenvalue weighted by Gasteiger charge is 2.26. The molecule has 94 valence electrons. The largest absolute Gasteiger partial charge is 0.395 e. The summed E-state index contributed by atoms with van der Waals surface area (Å²) < 4.78 is 0. The van der Waals surface area contributed by atoms with Gasteiger partial charge in [-0.05, 0) is 26.2 Å². The summed E-state index contributed by atoms with van der Waals surface area (Å²) in [6, 6.07) is 0.457. The van der Waals surface area contributed by atoms with Crippen LogP contribution in [0.5, 0.6) is 0 Å². The Morgan fingerprint density at radius 2 is 2.25 bits per heavy atom. The van der Waals surface area contributed by atoms with Crippen LogP contribution in [0.1, 0.15) is 27.2 Å². The van der Waals surface area contributed by atoms with Crippen molar-refractivity contribution in [3.63, 3.8) is 0 Å². The molecule has 0 spiro atoms. The summed E-state index contributed by atoms with van der Waals surface area (Å²) in [5, 5.41) is 8.99. The van der Waals surface area contributed by atoms with Crippen molar-refractivity contribution < 1.29 is 9.90 Å². The van der Waals surface area contributed by atoms with Crippen molar-refractivity contribution in [2.45, 2.75) is 33.2 Å². The second kappa shape index (κ2) is 6.21. The fraction of sp³-hybridized carbons (Fsp3) is 0.917. The molecule has 4 heteroatoms. The average molecular weight is 228 g/mol. The smallest absolute Gasteiger partial charge is 0.219 e. The van der Waals surface area contributed by atoms with E-state index in [4.69, 9.17) is 5.11 Å². The Bertz CT molecular complexity index is 231. The molecule has 1 aliphatic rings. The molecule has 0 aromatic heterocycles. The maximum Gasteiger partial charge on any atom is 0.219 e. The highest BCUT2D eigenvalue weighted by molar-refractivity contribution is 5.73. The molecule has 1 atom stereocenters. The number of rotatable bonds is 5. The zero-order valence-electron chi connectivity index (χ0n) is 10.6. The number of carbonyl (C=O) groups is 1. The Kier molecular flexibility index (Phi) is 5.22. The van der Waals surface area contributed by atoms with Gasteiger partial charge in [0.25, 0.3) is 0 Å². The van der Waals surface area contributed by atoms with Crippen LogP contribution >= 0.6 is 0 Å². The van der Waals surface area contributed by atoms with Crippen LogP contribution in [0.2, 0.25) is 0 Å². The number of likely N-dealkylation sites (tertiary alicyclic amines) is 1. The van der Waals surface area contributed by atoms with Gasteiger partial charge in [0.2, 0.25) is 5.91 Å². The summed E-state index contributed by atoms with van der Waals surface area (Å²) in [5.41, 5.74) is 0. The van der Waals surface area contributed by atoms with Gasteiger partial charge in [-0.2, -0.15) is 0 Å². The number of hydrogen-bond acceptors (Lipinski definition) is 3. The first kappa shape index (κ1) is 13.5. The van der Waals surface area contributed by atoms with Gasteiger partial charge in [-0.15, -0.1) is 0 Å². The third kappa shape index (κ3) is 3.76. The number of aliphatic hydroxyl groups is 1. The normalized spacial score (nSPS) is 21.1. The third-order valence-corrected chi connectivity index (χ3v) is 3.34. The third-order valence-electron chi connectivity index (χ3n) is 3.34. The maximum absolute atomic E-state index is 11.2. The van der Waals surface area contributed by atoms with Gasteiger partial charge in [-0.3, -0.25) is 9.69 Å². The van der Waals surface area contributed by atoms with Crippen LogP contribution in [0.4, 0.5) is 0 Å². The lowest BCUT2D eigenvalue weighted by molar-refractivity contribution is -0.127. The first-order chi connectivity index (χ1) is 7.54. The van der Waals surface area contributed by atoms with E-state index in [9.17, 15) is 4.79 Å². The van der Waals surface area contributed by atoms with Gasteiger partial charge in [-0.1, -0.05) is 0 Å². The molecule has 1 N–H and O–H groups in total. The number of aliphatic hydroxyl groups excluding tert-OH is 1. The van der Waals surface area contributed by atoms with Gasteiger partial charge >= 0.3 is 0 Å². The van der Waals surface area contributed by atoms with Gasteiger partial charge in [0.1, 0.15) is 0 Å². The molecule has 1 fully saturated rings. The van der Waals surface area contributed by atoms with E-state index < -0.39 is 0 Å². The minimum Gasteiger partial charge on any atom is -0.395 e. The molecular weight excluding hydrogens is 204 g/mol.